The monoisotopic (exact) mass is 373 g/mol. The number of benzene rings is 1. The minimum atomic E-state index is -1.12. The second kappa shape index (κ2) is 7.38. The van der Waals surface area contributed by atoms with Crippen LogP contribution in [0.1, 0.15) is 37.8 Å². The van der Waals surface area contributed by atoms with E-state index in [0.29, 0.717) is 6.42 Å². The van der Waals surface area contributed by atoms with Gasteiger partial charge in [-0.2, -0.15) is 0 Å². The molecule has 1 atom stereocenters. The van der Waals surface area contributed by atoms with E-state index in [4.69, 9.17) is 4.74 Å². The lowest BCUT2D eigenvalue weighted by atomic mass is 9.76. The van der Waals surface area contributed by atoms with Gasteiger partial charge >= 0.3 is 12.0 Å². The molecule has 2 aliphatic rings. The Bertz CT molecular complexity index is 791. The Morgan fingerprint density at radius 2 is 2.04 bits per heavy atom. The fraction of sp³-hybridized carbons (Fsp3) is 0.474. The first-order valence-corrected chi connectivity index (χ1v) is 9.01. The van der Waals surface area contributed by atoms with E-state index in [9.17, 15) is 19.2 Å². The highest BCUT2D eigenvalue weighted by Gasteiger charge is 2.54. The fourth-order valence-corrected chi connectivity index (χ4v) is 3.64. The molecule has 1 heterocycles. The number of carbonyl (C=O) groups excluding carboxylic acids is 4. The van der Waals surface area contributed by atoms with Gasteiger partial charge in [-0.25, -0.2) is 4.79 Å². The number of amides is 4. The van der Waals surface area contributed by atoms with Gasteiger partial charge in [0.2, 0.25) is 0 Å². The maximum absolute atomic E-state index is 13.0. The van der Waals surface area contributed by atoms with Gasteiger partial charge < -0.3 is 15.4 Å². The second-order valence-corrected chi connectivity index (χ2v) is 7.12. The first-order chi connectivity index (χ1) is 12.8. The standard InChI is InChI=1S/C19H23N3O5/c1-12(2)20-15(23)11-27-16(24)10-22-17(25)19(21-18(22)26)9-5-7-13-6-3-4-8-14(13)19/h3-4,6,8,12H,5,7,9-11H2,1-2H3,(H,20,23)(H,21,26)/t19-/m1/s1. The SMILES string of the molecule is CC(C)NC(=O)COC(=O)CN1C(=O)N[C@@]2(CCCc3ccccc32)C1=O. The van der Waals surface area contributed by atoms with Gasteiger partial charge in [-0.1, -0.05) is 24.3 Å². The summed E-state index contributed by atoms with van der Waals surface area (Å²) >= 11 is 0. The molecular formula is C19H23N3O5. The third kappa shape index (κ3) is 3.65. The van der Waals surface area contributed by atoms with Crippen molar-refractivity contribution in [2.45, 2.75) is 44.7 Å². The summed E-state index contributed by atoms with van der Waals surface area (Å²) in [5, 5.41) is 5.36. The molecule has 27 heavy (non-hydrogen) atoms. The second-order valence-electron chi connectivity index (χ2n) is 7.12. The van der Waals surface area contributed by atoms with E-state index in [-0.39, 0.29) is 6.04 Å². The quantitative estimate of drug-likeness (QED) is 0.588. The first kappa shape index (κ1) is 18.9. The Kier molecular flexibility index (Phi) is 5.16. The van der Waals surface area contributed by atoms with Crippen molar-refractivity contribution in [3.05, 3.63) is 35.4 Å². The number of ether oxygens (including phenoxy) is 1. The molecule has 4 amide bonds. The van der Waals surface area contributed by atoms with Crippen LogP contribution < -0.4 is 10.6 Å². The molecule has 0 aromatic heterocycles. The van der Waals surface area contributed by atoms with Crippen LogP contribution in [0.2, 0.25) is 0 Å². The van der Waals surface area contributed by atoms with Crippen LogP contribution in [-0.4, -0.2) is 47.9 Å². The zero-order chi connectivity index (χ0) is 19.6. The van der Waals surface area contributed by atoms with Crippen LogP contribution in [0, 0.1) is 0 Å². The van der Waals surface area contributed by atoms with Gasteiger partial charge in [0.05, 0.1) is 0 Å². The lowest BCUT2D eigenvalue weighted by Gasteiger charge is -2.33. The van der Waals surface area contributed by atoms with E-state index in [1.165, 1.54) is 0 Å². The molecular weight excluding hydrogens is 350 g/mol. The van der Waals surface area contributed by atoms with Crippen LogP contribution in [0.3, 0.4) is 0 Å². The predicted octanol–water partition coefficient (Wildman–Crippen LogP) is 0.838. The molecule has 0 unspecified atom stereocenters. The number of imide groups is 1. The molecule has 144 valence electrons. The molecule has 1 saturated heterocycles. The van der Waals surface area contributed by atoms with Gasteiger partial charge in [0.25, 0.3) is 11.8 Å². The lowest BCUT2D eigenvalue weighted by Crippen LogP contribution is -2.47. The molecule has 1 aromatic carbocycles. The maximum Gasteiger partial charge on any atom is 0.326 e. The zero-order valence-electron chi connectivity index (χ0n) is 15.4. The van der Waals surface area contributed by atoms with Crippen molar-refractivity contribution in [1.29, 1.82) is 0 Å². The molecule has 1 aromatic rings. The molecule has 8 heteroatoms. The highest BCUT2D eigenvalue weighted by atomic mass is 16.5. The van der Waals surface area contributed by atoms with E-state index in [1.54, 1.807) is 13.8 Å². The van der Waals surface area contributed by atoms with Gasteiger partial charge in [-0.3, -0.25) is 19.3 Å². The van der Waals surface area contributed by atoms with E-state index in [2.05, 4.69) is 10.6 Å². The van der Waals surface area contributed by atoms with Gasteiger partial charge in [0.1, 0.15) is 12.1 Å². The summed E-state index contributed by atoms with van der Waals surface area (Å²) in [6.07, 6.45) is 2.09. The molecule has 1 spiro atoms. The van der Waals surface area contributed by atoms with Crippen LogP contribution in [0.5, 0.6) is 0 Å². The largest absolute Gasteiger partial charge is 0.454 e. The highest BCUT2D eigenvalue weighted by Crippen LogP contribution is 2.39. The minimum Gasteiger partial charge on any atom is -0.454 e. The summed E-state index contributed by atoms with van der Waals surface area (Å²) in [6, 6.07) is 6.81. The average molecular weight is 373 g/mol. The lowest BCUT2D eigenvalue weighted by molar-refractivity contribution is -0.151. The van der Waals surface area contributed by atoms with Gasteiger partial charge in [-0.15, -0.1) is 0 Å². The zero-order valence-corrected chi connectivity index (χ0v) is 15.4. The number of nitrogens with one attached hydrogen (secondary N) is 2. The van der Waals surface area contributed by atoms with Crippen molar-refractivity contribution in [1.82, 2.24) is 15.5 Å². The predicted molar refractivity (Wildman–Crippen MR) is 95.5 cm³/mol. The van der Waals surface area contributed by atoms with E-state index in [0.717, 1.165) is 28.9 Å². The Hall–Kier alpha value is -2.90. The van der Waals surface area contributed by atoms with Gasteiger partial charge in [0.15, 0.2) is 6.61 Å². The van der Waals surface area contributed by atoms with Crippen molar-refractivity contribution in [3.8, 4) is 0 Å². The molecule has 1 aliphatic heterocycles. The Morgan fingerprint density at radius 3 is 2.78 bits per heavy atom. The van der Waals surface area contributed by atoms with Crippen molar-refractivity contribution < 1.29 is 23.9 Å². The van der Waals surface area contributed by atoms with Gasteiger partial charge in [-0.05, 0) is 44.2 Å². The molecule has 2 N–H and O–H groups in total. The van der Waals surface area contributed by atoms with Crippen molar-refractivity contribution in [2.24, 2.45) is 0 Å². The smallest absolute Gasteiger partial charge is 0.326 e. The van der Waals surface area contributed by atoms with Crippen LogP contribution in [0.15, 0.2) is 24.3 Å². The summed E-state index contributed by atoms with van der Waals surface area (Å²) in [7, 11) is 0. The summed E-state index contributed by atoms with van der Waals surface area (Å²) in [5.41, 5.74) is 0.676. The van der Waals surface area contributed by atoms with Crippen LogP contribution in [0.4, 0.5) is 4.79 Å². The molecule has 0 radical (unpaired) electrons. The molecule has 8 nitrogen and oxygen atoms in total. The third-order valence-corrected chi connectivity index (χ3v) is 4.75. The highest BCUT2D eigenvalue weighted by molar-refractivity contribution is 6.09. The molecule has 0 saturated carbocycles. The molecule has 1 aliphatic carbocycles. The topological polar surface area (TPSA) is 105 Å². The summed E-state index contributed by atoms with van der Waals surface area (Å²) in [4.78, 5) is 49.9. The first-order valence-electron chi connectivity index (χ1n) is 9.01. The minimum absolute atomic E-state index is 0.0756. The molecule has 0 bridgehead atoms. The average Bonchev–Trinajstić information content (AvgIpc) is 2.85. The van der Waals surface area contributed by atoms with Crippen molar-refractivity contribution in [3.63, 3.8) is 0 Å². The molecule has 3 rings (SSSR count). The number of esters is 1. The Balaban J connectivity index is 1.69. The van der Waals surface area contributed by atoms with Gasteiger partial charge in [0, 0.05) is 6.04 Å². The number of rotatable bonds is 5. The number of nitrogens with zero attached hydrogens (tertiary/aromatic N) is 1. The van der Waals surface area contributed by atoms with E-state index < -0.39 is 42.5 Å². The van der Waals surface area contributed by atoms with Crippen LogP contribution >= 0.6 is 0 Å². The number of fused-ring (bicyclic) bond motifs is 2. The summed E-state index contributed by atoms with van der Waals surface area (Å²) in [5.74, 6) is -1.70. The van der Waals surface area contributed by atoms with Crippen molar-refractivity contribution in [2.75, 3.05) is 13.2 Å². The number of hydrogen-bond donors (Lipinski definition) is 2. The number of hydrogen-bond acceptors (Lipinski definition) is 5. The van der Waals surface area contributed by atoms with E-state index >= 15 is 0 Å². The maximum atomic E-state index is 13.0. The van der Waals surface area contributed by atoms with Crippen molar-refractivity contribution >= 4 is 23.8 Å². The Morgan fingerprint density at radius 1 is 1.30 bits per heavy atom. The number of aryl methyl sites for hydroxylation is 1. The number of urea groups is 1. The Labute approximate surface area is 157 Å². The summed E-state index contributed by atoms with van der Waals surface area (Å²) in [6.45, 7) is 2.60. The van der Waals surface area contributed by atoms with Crippen LogP contribution in [0.25, 0.3) is 0 Å². The fourth-order valence-electron chi connectivity index (χ4n) is 3.64. The van der Waals surface area contributed by atoms with E-state index in [1.807, 2.05) is 24.3 Å². The summed E-state index contributed by atoms with van der Waals surface area (Å²) < 4.78 is 4.88. The van der Waals surface area contributed by atoms with Crippen LogP contribution in [-0.2, 0) is 31.1 Å². The normalized spacial score (nSPS) is 21.2. The third-order valence-electron chi connectivity index (χ3n) is 4.75. The number of carbonyl (C=O) groups is 4. The molecule has 1 fully saturated rings.